The summed E-state index contributed by atoms with van der Waals surface area (Å²) < 4.78 is 18.2. The van der Waals surface area contributed by atoms with Crippen LogP contribution in [0.3, 0.4) is 0 Å². The lowest BCUT2D eigenvalue weighted by atomic mass is 9.81. The van der Waals surface area contributed by atoms with Crippen molar-refractivity contribution in [3.8, 4) is 0 Å². The van der Waals surface area contributed by atoms with Gasteiger partial charge < -0.3 is 4.74 Å². The van der Waals surface area contributed by atoms with Crippen LogP contribution in [-0.4, -0.2) is 22.8 Å². The number of ether oxygens (including phenoxy) is 1. The summed E-state index contributed by atoms with van der Waals surface area (Å²) in [5.41, 5.74) is 1.27. The molecule has 0 unspecified atom stereocenters. The van der Waals surface area contributed by atoms with E-state index < -0.39 is 11.4 Å². The molecule has 1 N–H and O–H groups in total. The maximum absolute atomic E-state index is 13.3. The van der Waals surface area contributed by atoms with Gasteiger partial charge in [-0.25, -0.2) is 9.18 Å². The molecule has 4 nitrogen and oxygen atoms in total. The third kappa shape index (κ3) is 2.71. The Morgan fingerprint density at radius 2 is 2.15 bits per heavy atom. The average molecular weight is 276 g/mol. The van der Waals surface area contributed by atoms with Crippen LogP contribution in [0.5, 0.6) is 0 Å². The van der Waals surface area contributed by atoms with Gasteiger partial charge in [0.2, 0.25) is 0 Å². The molecule has 0 aliphatic carbocycles. The number of carbonyl (C=O) groups is 1. The summed E-state index contributed by atoms with van der Waals surface area (Å²) in [4.78, 5) is 11.6. The summed E-state index contributed by atoms with van der Waals surface area (Å²) >= 11 is 0. The molecule has 0 saturated carbocycles. The minimum atomic E-state index is -0.486. The number of carbonyl (C=O) groups excluding carboxylic acids is 1. The lowest BCUT2D eigenvalue weighted by Gasteiger charge is -2.23. The Balaban J connectivity index is 2.33. The highest BCUT2D eigenvalue weighted by atomic mass is 19.1. The third-order valence-electron chi connectivity index (χ3n) is 3.28. The number of aromatic amines is 1. The Morgan fingerprint density at radius 1 is 1.40 bits per heavy atom. The highest BCUT2D eigenvalue weighted by Crippen LogP contribution is 2.30. The van der Waals surface area contributed by atoms with Gasteiger partial charge in [-0.2, -0.15) is 5.10 Å². The molecule has 1 heterocycles. The fourth-order valence-corrected chi connectivity index (χ4v) is 1.98. The highest BCUT2D eigenvalue weighted by Gasteiger charge is 2.27. The molecule has 1 aromatic heterocycles. The van der Waals surface area contributed by atoms with E-state index in [-0.39, 0.29) is 11.5 Å². The summed E-state index contributed by atoms with van der Waals surface area (Å²) in [7, 11) is 0. The summed E-state index contributed by atoms with van der Waals surface area (Å²) in [5, 5.41) is 6.79. The van der Waals surface area contributed by atoms with E-state index in [0.29, 0.717) is 6.61 Å². The first-order chi connectivity index (χ1) is 9.45. The van der Waals surface area contributed by atoms with Crippen molar-refractivity contribution in [3.63, 3.8) is 0 Å². The van der Waals surface area contributed by atoms with Crippen molar-refractivity contribution < 1.29 is 13.9 Å². The molecule has 0 bridgehead atoms. The molecule has 0 saturated heterocycles. The van der Waals surface area contributed by atoms with Gasteiger partial charge in [-0.3, -0.25) is 5.10 Å². The van der Waals surface area contributed by atoms with Crippen molar-refractivity contribution in [1.29, 1.82) is 0 Å². The van der Waals surface area contributed by atoms with Gasteiger partial charge in [-0.15, -0.1) is 0 Å². The number of nitrogens with one attached hydrogen (secondary N) is 1. The number of esters is 1. The van der Waals surface area contributed by atoms with E-state index >= 15 is 0 Å². The lowest BCUT2D eigenvalue weighted by Crippen LogP contribution is -2.19. The molecular formula is C15H17FN2O2. The second-order valence-corrected chi connectivity index (χ2v) is 5.02. The zero-order valence-corrected chi connectivity index (χ0v) is 11.7. The molecule has 0 aliphatic heterocycles. The zero-order valence-electron chi connectivity index (χ0n) is 11.7. The molecule has 1 aromatic carbocycles. The predicted molar refractivity (Wildman–Crippen MR) is 73.1 cm³/mol. The minimum absolute atomic E-state index is 0.228. The van der Waals surface area contributed by atoms with Gasteiger partial charge in [0.1, 0.15) is 5.82 Å². The number of nitrogens with zero attached hydrogens (tertiary/aromatic N) is 1. The van der Waals surface area contributed by atoms with Crippen LogP contribution < -0.4 is 0 Å². The van der Waals surface area contributed by atoms with E-state index in [2.05, 4.69) is 10.2 Å². The predicted octanol–water partition coefficient (Wildman–Crippen LogP) is 3.05. The summed E-state index contributed by atoms with van der Waals surface area (Å²) in [5.74, 6) is -0.759. The van der Waals surface area contributed by atoms with Gasteiger partial charge >= 0.3 is 5.97 Å². The maximum atomic E-state index is 13.3. The van der Waals surface area contributed by atoms with Crippen molar-refractivity contribution in [3.05, 3.63) is 53.1 Å². The van der Waals surface area contributed by atoms with Crippen molar-refractivity contribution in [2.75, 3.05) is 6.61 Å². The van der Waals surface area contributed by atoms with Crippen LogP contribution in [-0.2, 0) is 10.2 Å². The van der Waals surface area contributed by atoms with Gasteiger partial charge in [0.05, 0.1) is 6.61 Å². The first kappa shape index (κ1) is 14.2. The zero-order chi connectivity index (χ0) is 14.8. The van der Waals surface area contributed by atoms with Crippen molar-refractivity contribution >= 4 is 5.97 Å². The molecule has 0 atom stereocenters. The topological polar surface area (TPSA) is 55.0 Å². The number of H-pyrrole nitrogens is 1. The van der Waals surface area contributed by atoms with Crippen molar-refractivity contribution in [2.45, 2.75) is 26.2 Å². The first-order valence-electron chi connectivity index (χ1n) is 6.44. The second kappa shape index (κ2) is 5.45. The number of benzene rings is 1. The number of hydrogen-bond donors (Lipinski definition) is 1. The molecule has 0 fully saturated rings. The van der Waals surface area contributed by atoms with E-state index in [9.17, 15) is 9.18 Å². The van der Waals surface area contributed by atoms with Gasteiger partial charge in [0, 0.05) is 11.1 Å². The lowest BCUT2D eigenvalue weighted by molar-refractivity contribution is 0.0519. The van der Waals surface area contributed by atoms with Crippen LogP contribution in [0.2, 0.25) is 0 Å². The third-order valence-corrected chi connectivity index (χ3v) is 3.28. The quantitative estimate of drug-likeness (QED) is 0.873. The average Bonchev–Trinajstić information content (AvgIpc) is 2.89. The van der Waals surface area contributed by atoms with Crippen molar-refractivity contribution in [2.24, 2.45) is 0 Å². The first-order valence-corrected chi connectivity index (χ1v) is 6.44. The van der Waals surface area contributed by atoms with E-state index in [1.54, 1.807) is 19.1 Å². The molecule has 5 heteroatoms. The Kier molecular flexibility index (Phi) is 3.88. The number of aromatic nitrogens is 2. The Hall–Kier alpha value is -2.17. The van der Waals surface area contributed by atoms with Crippen LogP contribution in [0.4, 0.5) is 4.39 Å². The van der Waals surface area contributed by atoms with Gasteiger partial charge in [-0.05, 0) is 30.7 Å². The van der Waals surface area contributed by atoms with Gasteiger partial charge in [0.25, 0.3) is 0 Å². The largest absolute Gasteiger partial charge is 0.461 e. The number of rotatable bonds is 4. The van der Waals surface area contributed by atoms with Crippen LogP contribution in [0, 0.1) is 5.82 Å². The van der Waals surface area contributed by atoms with Crippen LogP contribution in [0.15, 0.2) is 30.3 Å². The van der Waals surface area contributed by atoms with E-state index in [1.807, 2.05) is 19.9 Å². The Morgan fingerprint density at radius 3 is 2.80 bits per heavy atom. The standard InChI is InChI=1S/C15H17FN2O2/c1-4-20-14(19)12-9-13(18-17-12)15(2,3)10-6-5-7-11(16)8-10/h5-9H,4H2,1-3H3,(H,17,18). The Labute approximate surface area is 117 Å². The maximum Gasteiger partial charge on any atom is 0.358 e. The summed E-state index contributed by atoms with van der Waals surface area (Å²) in [6.45, 7) is 5.91. The molecule has 20 heavy (non-hydrogen) atoms. The molecule has 0 aliphatic rings. The fourth-order valence-electron chi connectivity index (χ4n) is 1.98. The highest BCUT2D eigenvalue weighted by molar-refractivity contribution is 5.87. The van der Waals surface area contributed by atoms with Crippen molar-refractivity contribution in [1.82, 2.24) is 10.2 Å². The SMILES string of the molecule is CCOC(=O)c1cc(C(C)(C)c2cccc(F)c2)[nH]n1. The molecule has 2 aromatic rings. The molecular weight excluding hydrogens is 259 g/mol. The minimum Gasteiger partial charge on any atom is -0.461 e. The molecule has 0 spiro atoms. The molecule has 2 rings (SSSR count). The number of halogens is 1. The molecule has 0 radical (unpaired) electrons. The molecule has 106 valence electrons. The number of hydrogen-bond acceptors (Lipinski definition) is 3. The van der Waals surface area contributed by atoms with Crippen LogP contribution >= 0.6 is 0 Å². The van der Waals surface area contributed by atoms with Gasteiger partial charge in [0.15, 0.2) is 5.69 Å². The fraction of sp³-hybridized carbons (Fsp3) is 0.333. The van der Waals surface area contributed by atoms with Crippen LogP contribution in [0.25, 0.3) is 0 Å². The summed E-state index contributed by atoms with van der Waals surface area (Å²) in [6.07, 6.45) is 0. The molecule has 0 amide bonds. The second-order valence-electron chi connectivity index (χ2n) is 5.02. The van der Waals surface area contributed by atoms with Gasteiger partial charge in [-0.1, -0.05) is 26.0 Å². The van der Waals surface area contributed by atoms with Crippen LogP contribution in [0.1, 0.15) is 42.5 Å². The van der Waals surface area contributed by atoms with E-state index in [0.717, 1.165) is 11.3 Å². The van der Waals surface area contributed by atoms with E-state index in [4.69, 9.17) is 4.74 Å². The van der Waals surface area contributed by atoms with E-state index in [1.165, 1.54) is 12.1 Å². The summed E-state index contributed by atoms with van der Waals surface area (Å²) in [6, 6.07) is 8.02. The Bertz CT molecular complexity index is 620. The monoisotopic (exact) mass is 276 g/mol. The smallest absolute Gasteiger partial charge is 0.358 e. The normalized spacial score (nSPS) is 11.4.